The van der Waals surface area contributed by atoms with Crippen LogP contribution in [0.1, 0.15) is 35.3 Å². The summed E-state index contributed by atoms with van der Waals surface area (Å²) in [5.41, 5.74) is 2.59. The lowest BCUT2D eigenvalue weighted by atomic mass is 9.84. The van der Waals surface area contributed by atoms with Crippen molar-refractivity contribution in [2.45, 2.75) is 32.4 Å². The first-order valence-electron chi connectivity index (χ1n) is 7.92. The second-order valence-electron chi connectivity index (χ2n) is 6.60. The van der Waals surface area contributed by atoms with Crippen LogP contribution < -0.4 is 9.47 Å². The number of carbonyl (C=O) groups is 1. The van der Waals surface area contributed by atoms with Gasteiger partial charge in [-0.25, -0.2) is 0 Å². The molecule has 24 heavy (non-hydrogen) atoms. The molecule has 0 N–H and O–H groups in total. The van der Waals surface area contributed by atoms with E-state index < -0.39 is 0 Å². The third-order valence-electron chi connectivity index (χ3n) is 4.54. The molecule has 1 aromatic heterocycles. The van der Waals surface area contributed by atoms with Crippen molar-refractivity contribution in [1.82, 2.24) is 9.88 Å². The summed E-state index contributed by atoms with van der Waals surface area (Å²) >= 11 is 0. The number of ether oxygens (including phenoxy) is 2. The van der Waals surface area contributed by atoms with Crippen molar-refractivity contribution >= 4 is 5.91 Å². The monoisotopic (exact) mass is 326 g/mol. The smallest absolute Gasteiger partial charge is 0.256 e. The van der Waals surface area contributed by atoms with Crippen LogP contribution in [0.4, 0.5) is 0 Å². The number of fused-ring (bicyclic) bond motifs is 1. The van der Waals surface area contributed by atoms with Crippen LogP contribution in [-0.2, 0) is 13.0 Å². The highest BCUT2D eigenvalue weighted by Gasteiger charge is 2.37. The number of nitrogens with zero attached hydrogens (tertiary/aromatic N) is 2. The summed E-state index contributed by atoms with van der Waals surface area (Å²) in [6.07, 6.45) is 4.04. The van der Waals surface area contributed by atoms with Crippen LogP contribution in [0.5, 0.6) is 11.5 Å². The molecule has 126 valence electrons. The van der Waals surface area contributed by atoms with E-state index in [1.54, 1.807) is 38.7 Å². The van der Waals surface area contributed by atoms with E-state index in [1.165, 1.54) is 5.56 Å². The van der Waals surface area contributed by atoms with Gasteiger partial charge in [0.1, 0.15) is 0 Å². The fourth-order valence-corrected chi connectivity index (χ4v) is 3.21. The molecule has 2 aromatic rings. The van der Waals surface area contributed by atoms with Gasteiger partial charge >= 0.3 is 0 Å². The molecular formula is C19H22N2O3. The van der Waals surface area contributed by atoms with Crippen LogP contribution in [0.2, 0.25) is 0 Å². The first-order chi connectivity index (χ1) is 11.5. The summed E-state index contributed by atoms with van der Waals surface area (Å²) in [6, 6.07) is 7.57. The first-order valence-corrected chi connectivity index (χ1v) is 7.92. The standard InChI is InChI=1S/C19H22N2O3/c1-19(2)10-14-8-16(23-3)17(24-4)9-15(14)12-21(19)18(22)13-6-5-7-20-11-13/h5-9,11H,10,12H2,1-4H3. The van der Waals surface area contributed by atoms with Crippen LogP contribution in [0.3, 0.4) is 0 Å². The van der Waals surface area contributed by atoms with Gasteiger partial charge in [0.05, 0.1) is 19.8 Å². The van der Waals surface area contributed by atoms with E-state index >= 15 is 0 Å². The van der Waals surface area contributed by atoms with Gasteiger partial charge in [0.15, 0.2) is 11.5 Å². The minimum absolute atomic E-state index is 0.00599. The second-order valence-corrected chi connectivity index (χ2v) is 6.60. The maximum atomic E-state index is 12.9. The Bertz CT molecular complexity index is 757. The Labute approximate surface area is 142 Å². The zero-order valence-corrected chi connectivity index (χ0v) is 14.5. The third-order valence-corrected chi connectivity index (χ3v) is 4.54. The molecule has 3 rings (SSSR count). The highest BCUT2D eigenvalue weighted by molar-refractivity contribution is 5.94. The second kappa shape index (κ2) is 6.15. The van der Waals surface area contributed by atoms with Crippen LogP contribution in [0.25, 0.3) is 0 Å². The fraction of sp³-hybridized carbons (Fsp3) is 0.368. The van der Waals surface area contributed by atoms with Crippen molar-refractivity contribution in [2.75, 3.05) is 14.2 Å². The zero-order chi connectivity index (χ0) is 17.3. The molecule has 0 fully saturated rings. The van der Waals surface area contributed by atoms with Crippen LogP contribution in [0.15, 0.2) is 36.7 Å². The molecule has 0 aliphatic carbocycles. The molecule has 0 atom stereocenters. The lowest BCUT2D eigenvalue weighted by Crippen LogP contribution is -2.51. The summed E-state index contributed by atoms with van der Waals surface area (Å²) in [5, 5.41) is 0. The molecule has 2 heterocycles. The van der Waals surface area contributed by atoms with Crippen molar-refractivity contribution < 1.29 is 14.3 Å². The van der Waals surface area contributed by atoms with Gasteiger partial charge in [-0.15, -0.1) is 0 Å². The zero-order valence-electron chi connectivity index (χ0n) is 14.5. The number of pyridine rings is 1. The van der Waals surface area contributed by atoms with Gasteiger partial charge in [0.25, 0.3) is 5.91 Å². The van der Waals surface area contributed by atoms with Crippen LogP contribution in [0, 0.1) is 0 Å². The Kier molecular flexibility index (Phi) is 4.18. The summed E-state index contributed by atoms with van der Waals surface area (Å²) < 4.78 is 10.8. The maximum Gasteiger partial charge on any atom is 0.256 e. The summed E-state index contributed by atoms with van der Waals surface area (Å²) in [7, 11) is 3.26. The molecule has 1 aliphatic heterocycles. The predicted octanol–water partition coefficient (Wildman–Crippen LogP) is 3.08. The molecule has 0 spiro atoms. The van der Waals surface area contributed by atoms with Crippen molar-refractivity contribution in [3.8, 4) is 11.5 Å². The van der Waals surface area contributed by atoms with Gasteiger partial charge in [-0.05, 0) is 55.7 Å². The SMILES string of the molecule is COc1cc2c(cc1OC)CC(C)(C)N(C(=O)c1cccnc1)C2. The Morgan fingerprint density at radius 2 is 1.83 bits per heavy atom. The molecular weight excluding hydrogens is 304 g/mol. The minimum atomic E-state index is -0.292. The Morgan fingerprint density at radius 3 is 2.42 bits per heavy atom. The molecule has 1 aromatic carbocycles. The van der Waals surface area contributed by atoms with Crippen LogP contribution >= 0.6 is 0 Å². The van der Waals surface area contributed by atoms with E-state index in [0.29, 0.717) is 17.9 Å². The highest BCUT2D eigenvalue weighted by Crippen LogP contribution is 2.38. The van der Waals surface area contributed by atoms with Gasteiger partial charge in [-0.3, -0.25) is 9.78 Å². The number of amides is 1. The quantitative estimate of drug-likeness (QED) is 0.870. The van der Waals surface area contributed by atoms with Crippen molar-refractivity contribution in [1.29, 1.82) is 0 Å². The molecule has 0 bridgehead atoms. The topological polar surface area (TPSA) is 51.7 Å². The lowest BCUT2D eigenvalue weighted by molar-refractivity contribution is 0.0487. The average molecular weight is 326 g/mol. The molecule has 0 saturated heterocycles. The normalized spacial score (nSPS) is 15.6. The molecule has 1 amide bonds. The van der Waals surface area contributed by atoms with E-state index in [1.807, 2.05) is 17.0 Å². The van der Waals surface area contributed by atoms with Gasteiger partial charge in [0, 0.05) is 24.5 Å². The van der Waals surface area contributed by atoms with E-state index in [2.05, 4.69) is 18.8 Å². The largest absolute Gasteiger partial charge is 0.493 e. The number of hydrogen-bond donors (Lipinski definition) is 0. The number of benzene rings is 1. The first kappa shape index (κ1) is 16.3. The Hall–Kier alpha value is -2.56. The van der Waals surface area contributed by atoms with Crippen molar-refractivity contribution in [3.05, 3.63) is 53.3 Å². The van der Waals surface area contributed by atoms with Crippen molar-refractivity contribution in [2.24, 2.45) is 0 Å². The number of rotatable bonds is 3. The minimum Gasteiger partial charge on any atom is -0.493 e. The van der Waals surface area contributed by atoms with Gasteiger partial charge in [-0.2, -0.15) is 0 Å². The third kappa shape index (κ3) is 2.82. The van der Waals surface area contributed by atoms with Gasteiger partial charge < -0.3 is 14.4 Å². The Morgan fingerprint density at radius 1 is 1.17 bits per heavy atom. The van der Waals surface area contributed by atoms with Crippen LogP contribution in [-0.4, -0.2) is 35.5 Å². The average Bonchev–Trinajstić information content (AvgIpc) is 2.59. The summed E-state index contributed by atoms with van der Waals surface area (Å²) in [6.45, 7) is 4.71. The highest BCUT2D eigenvalue weighted by atomic mass is 16.5. The molecule has 5 nitrogen and oxygen atoms in total. The van der Waals surface area contributed by atoms with E-state index in [-0.39, 0.29) is 11.4 Å². The summed E-state index contributed by atoms with van der Waals surface area (Å²) in [5.74, 6) is 1.40. The number of methoxy groups -OCH3 is 2. The van der Waals surface area contributed by atoms with E-state index in [0.717, 1.165) is 17.7 Å². The number of carbonyl (C=O) groups excluding carboxylic acids is 1. The van der Waals surface area contributed by atoms with Crippen molar-refractivity contribution in [3.63, 3.8) is 0 Å². The van der Waals surface area contributed by atoms with Gasteiger partial charge in [-0.1, -0.05) is 0 Å². The van der Waals surface area contributed by atoms with E-state index in [4.69, 9.17) is 9.47 Å². The summed E-state index contributed by atoms with van der Waals surface area (Å²) in [4.78, 5) is 18.9. The molecule has 0 radical (unpaired) electrons. The number of hydrogen-bond acceptors (Lipinski definition) is 4. The molecule has 1 aliphatic rings. The molecule has 0 unspecified atom stereocenters. The Balaban J connectivity index is 1.99. The molecule has 5 heteroatoms. The number of aromatic nitrogens is 1. The van der Waals surface area contributed by atoms with E-state index in [9.17, 15) is 4.79 Å². The molecule has 0 saturated carbocycles. The predicted molar refractivity (Wildman–Crippen MR) is 91.4 cm³/mol. The lowest BCUT2D eigenvalue weighted by Gasteiger charge is -2.43. The van der Waals surface area contributed by atoms with Gasteiger partial charge in [0.2, 0.25) is 0 Å². The fourth-order valence-electron chi connectivity index (χ4n) is 3.21. The maximum absolute atomic E-state index is 12.9.